The molecule has 0 heterocycles. The van der Waals surface area contributed by atoms with Crippen molar-refractivity contribution in [3.05, 3.63) is 0 Å². The van der Waals surface area contributed by atoms with E-state index >= 15 is 0 Å². The predicted molar refractivity (Wildman–Crippen MR) is 71.6 cm³/mol. The molecular weight excluding hydrogens is 212 g/mol. The van der Waals surface area contributed by atoms with E-state index in [1.165, 1.54) is 6.42 Å². The molecule has 3 heteroatoms. The fourth-order valence-electron chi connectivity index (χ4n) is 2.59. The van der Waals surface area contributed by atoms with Crippen molar-refractivity contribution >= 4 is 5.91 Å². The lowest BCUT2D eigenvalue weighted by Gasteiger charge is -2.32. The molecule has 0 saturated heterocycles. The van der Waals surface area contributed by atoms with Crippen LogP contribution >= 0.6 is 0 Å². The Morgan fingerprint density at radius 3 is 2.59 bits per heavy atom. The molecule has 1 amide bonds. The van der Waals surface area contributed by atoms with Gasteiger partial charge in [-0.2, -0.15) is 0 Å². The lowest BCUT2D eigenvalue weighted by Crippen LogP contribution is -2.39. The van der Waals surface area contributed by atoms with Gasteiger partial charge in [-0.3, -0.25) is 4.79 Å². The van der Waals surface area contributed by atoms with E-state index in [4.69, 9.17) is 5.73 Å². The Morgan fingerprint density at radius 1 is 1.18 bits per heavy atom. The predicted octanol–water partition coefficient (Wildman–Crippen LogP) is 2.45. The maximum atomic E-state index is 11.7. The Morgan fingerprint density at radius 2 is 1.94 bits per heavy atom. The average Bonchev–Trinajstić information content (AvgIpc) is 2.30. The first kappa shape index (κ1) is 14.5. The van der Waals surface area contributed by atoms with Crippen molar-refractivity contribution in [2.75, 3.05) is 6.54 Å². The van der Waals surface area contributed by atoms with Gasteiger partial charge in [0.2, 0.25) is 5.91 Å². The van der Waals surface area contributed by atoms with Crippen molar-refractivity contribution in [2.45, 2.75) is 64.8 Å². The number of rotatable bonds is 6. The van der Waals surface area contributed by atoms with Crippen molar-refractivity contribution in [1.29, 1.82) is 0 Å². The van der Waals surface area contributed by atoms with Crippen LogP contribution in [-0.4, -0.2) is 18.5 Å². The monoisotopic (exact) mass is 240 g/mol. The molecule has 1 aliphatic carbocycles. The first-order chi connectivity index (χ1) is 8.13. The highest BCUT2D eigenvalue weighted by Crippen LogP contribution is 2.29. The van der Waals surface area contributed by atoms with Gasteiger partial charge >= 0.3 is 0 Å². The highest BCUT2D eigenvalue weighted by atomic mass is 16.1. The summed E-state index contributed by atoms with van der Waals surface area (Å²) in [5.74, 6) is 1.78. The topological polar surface area (TPSA) is 55.1 Å². The number of carbonyl (C=O) groups is 1. The van der Waals surface area contributed by atoms with Gasteiger partial charge in [0.25, 0.3) is 0 Å². The molecule has 0 aromatic carbocycles. The lowest BCUT2D eigenvalue weighted by molar-refractivity contribution is -0.122. The molecule has 1 aliphatic rings. The fraction of sp³-hybridized carbons (Fsp3) is 0.929. The summed E-state index contributed by atoms with van der Waals surface area (Å²) in [6.07, 6.45) is 7.30. The summed E-state index contributed by atoms with van der Waals surface area (Å²) < 4.78 is 0. The van der Waals surface area contributed by atoms with Crippen LogP contribution < -0.4 is 11.1 Å². The Hall–Kier alpha value is -0.570. The SMILES string of the molecule is CC1CCC(NC(=O)CCCCCN)CC1C. The van der Waals surface area contributed by atoms with Gasteiger partial charge in [-0.25, -0.2) is 0 Å². The smallest absolute Gasteiger partial charge is 0.220 e. The van der Waals surface area contributed by atoms with Crippen molar-refractivity contribution in [3.63, 3.8) is 0 Å². The zero-order valence-electron chi connectivity index (χ0n) is 11.4. The third kappa shape index (κ3) is 5.53. The van der Waals surface area contributed by atoms with Gasteiger partial charge in [-0.15, -0.1) is 0 Å². The van der Waals surface area contributed by atoms with Gasteiger partial charge in [-0.05, 0) is 50.5 Å². The van der Waals surface area contributed by atoms with Gasteiger partial charge in [0.05, 0.1) is 0 Å². The number of amides is 1. The first-order valence-electron chi connectivity index (χ1n) is 7.13. The van der Waals surface area contributed by atoms with E-state index < -0.39 is 0 Å². The summed E-state index contributed by atoms with van der Waals surface area (Å²) in [5, 5.41) is 3.18. The van der Waals surface area contributed by atoms with Gasteiger partial charge < -0.3 is 11.1 Å². The first-order valence-corrected chi connectivity index (χ1v) is 7.13. The molecule has 1 rings (SSSR count). The second-order valence-corrected chi connectivity index (χ2v) is 5.63. The summed E-state index contributed by atoms with van der Waals surface area (Å²) in [4.78, 5) is 11.7. The minimum absolute atomic E-state index is 0.230. The maximum absolute atomic E-state index is 11.7. The minimum Gasteiger partial charge on any atom is -0.353 e. The van der Waals surface area contributed by atoms with E-state index in [9.17, 15) is 4.79 Å². The number of unbranched alkanes of at least 4 members (excludes halogenated alkanes) is 2. The van der Waals surface area contributed by atoms with E-state index in [2.05, 4.69) is 19.2 Å². The lowest BCUT2D eigenvalue weighted by atomic mass is 9.79. The number of nitrogens with one attached hydrogen (secondary N) is 1. The number of carbonyl (C=O) groups excluding carboxylic acids is 1. The summed E-state index contributed by atoms with van der Waals surface area (Å²) >= 11 is 0. The van der Waals surface area contributed by atoms with Crippen molar-refractivity contribution < 1.29 is 4.79 Å². The van der Waals surface area contributed by atoms with Crippen molar-refractivity contribution in [2.24, 2.45) is 17.6 Å². The molecule has 0 aliphatic heterocycles. The van der Waals surface area contributed by atoms with Gasteiger partial charge in [0.15, 0.2) is 0 Å². The molecule has 0 radical (unpaired) electrons. The van der Waals surface area contributed by atoms with Crippen LogP contribution in [-0.2, 0) is 4.79 Å². The van der Waals surface area contributed by atoms with E-state index in [1.54, 1.807) is 0 Å². The second-order valence-electron chi connectivity index (χ2n) is 5.63. The van der Waals surface area contributed by atoms with Gasteiger partial charge in [-0.1, -0.05) is 20.3 Å². The van der Waals surface area contributed by atoms with Gasteiger partial charge in [0, 0.05) is 12.5 Å². The third-order valence-electron chi connectivity index (χ3n) is 4.07. The molecule has 1 saturated carbocycles. The maximum Gasteiger partial charge on any atom is 0.220 e. The number of hydrogen-bond donors (Lipinski definition) is 2. The fourth-order valence-corrected chi connectivity index (χ4v) is 2.59. The zero-order chi connectivity index (χ0) is 12.7. The largest absolute Gasteiger partial charge is 0.353 e. The molecule has 0 bridgehead atoms. The molecule has 17 heavy (non-hydrogen) atoms. The summed E-state index contributed by atoms with van der Waals surface area (Å²) in [6, 6.07) is 0.420. The summed E-state index contributed by atoms with van der Waals surface area (Å²) in [6.45, 7) is 5.35. The van der Waals surface area contributed by atoms with Crippen LogP contribution in [0.2, 0.25) is 0 Å². The molecule has 3 atom stereocenters. The van der Waals surface area contributed by atoms with Crippen molar-refractivity contribution in [3.8, 4) is 0 Å². The van der Waals surface area contributed by atoms with E-state index in [0.717, 1.165) is 50.5 Å². The second kappa shape index (κ2) is 7.70. The number of nitrogens with two attached hydrogens (primary N) is 1. The molecule has 0 aromatic heterocycles. The highest BCUT2D eigenvalue weighted by Gasteiger charge is 2.25. The Bertz CT molecular complexity index is 230. The number of hydrogen-bond acceptors (Lipinski definition) is 2. The Kier molecular flexibility index (Phi) is 6.56. The van der Waals surface area contributed by atoms with E-state index in [-0.39, 0.29) is 5.91 Å². The molecule has 1 fully saturated rings. The minimum atomic E-state index is 0.230. The Labute approximate surface area is 106 Å². The molecule has 100 valence electrons. The van der Waals surface area contributed by atoms with Gasteiger partial charge in [0.1, 0.15) is 0 Å². The molecule has 3 unspecified atom stereocenters. The van der Waals surface area contributed by atoms with E-state index in [0.29, 0.717) is 12.5 Å². The van der Waals surface area contributed by atoms with Crippen LogP contribution in [0, 0.1) is 11.8 Å². The molecule has 0 spiro atoms. The molecule has 3 nitrogen and oxygen atoms in total. The quantitative estimate of drug-likeness (QED) is 0.701. The standard InChI is InChI=1S/C14H28N2O/c1-11-7-8-13(10-12(11)2)16-14(17)6-4-3-5-9-15/h11-13H,3-10,15H2,1-2H3,(H,16,17). The third-order valence-corrected chi connectivity index (χ3v) is 4.07. The molecular formula is C14H28N2O. The Balaban J connectivity index is 2.14. The van der Waals surface area contributed by atoms with Crippen LogP contribution in [0.25, 0.3) is 0 Å². The normalized spacial score (nSPS) is 29.0. The molecule has 3 N–H and O–H groups in total. The van der Waals surface area contributed by atoms with Crippen LogP contribution in [0.4, 0.5) is 0 Å². The van der Waals surface area contributed by atoms with Crippen LogP contribution in [0.15, 0.2) is 0 Å². The zero-order valence-corrected chi connectivity index (χ0v) is 11.4. The van der Waals surface area contributed by atoms with E-state index in [1.807, 2.05) is 0 Å². The van der Waals surface area contributed by atoms with Crippen LogP contribution in [0.3, 0.4) is 0 Å². The summed E-state index contributed by atoms with van der Waals surface area (Å²) in [7, 11) is 0. The van der Waals surface area contributed by atoms with Crippen molar-refractivity contribution in [1.82, 2.24) is 5.32 Å². The highest BCUT2D eigenvalue weighted by molar-refractivity contribution is 5.76. The van der Waals surface area contributed by atoms with Crippen LogP contribution in [0.1, 0.15) is 58.8 Å². The average molecular weight is 240 g/mol. The molecule has 0 aromatic rings. The summed E-state index contributed by atoms with van der Waals surface area (Å²) in [5.41, 5.74) is 5.42. The van der Waals surface area contributed by atoms with Crippen LogP contribution in [0.5, 0.6) is 0 Å².